The molecule has 166 valence electrons. The van der Waals surface area contributed by atoms with Crippen molar-refractivity contribution in [3.05, 3.63) is 79.5 Å². The molecule has 2 aliphatic carbocycles. The Morgan fingerprint density at radius 1 is 1.22 bits per heavy atom. The van der Waals surface area contributed by atoms with E-state index < -0.39 is 11.3 Å². The summed E-state index contributed by atoms with van der Waals surface area (Å²) in [7, 11) is 0. The van der Waals surface area contributed by atoms with Crippen LogP contribution in [-0.4, -0.2) is 38.1 Å². The molecule has 2 heterocycles. The minimum Gasteiger partial charge on any atom is -0.501 e. The first-order chi connectivity index (χ1) is 15.4. The van der Waals surface area contributed by atoms with Crippen molar-refractivity contribution in [3.63, 3.8) is 0 Å². The minimum absolute atomic E-state index is 0.00110. The third-order valence-corrected chi connectivity index (χ3v) is 7.37. The van der Waals surface area contributed by atoms with Gasteiger partial charge in [-0.25, -0.2) is 0 Å². The predicted octanol–water partition coefficient (Wildman–Crippen LogP) is 4.39. The number of carbonyl (C=O) groups excluding carboxylic acids is 1. The second-order valence-electron chi connectivity index (χ2n) is 9.20. The number of fused-ring (bicyclic) bond motifs is 2. The van der Waals surface area contributed by atoms with Crippen molar-refractivity contribution < 1.29 is 9.90 Å². The molecule has 32 heavy (non-hydrogen) atoms. The van der Waals surface area contributed by atoms with Gasteiger partial charge >= 0.3 is 0 Å². The van der Waals surface area contributed by atoms with Crippen molar-refractivity contribution in [3.8, 4) is 5.75 Å². The van der Waals surface area contributed by atoms with Crippen LogP contribution in [0.5, 0.6) is 5.75 Å². The zero-order valence-corrected chi connectivity index (χ0v) is 19.1. The number of hydrogen-bond acceptors (Lipinski definition) is 4. The molecular formula is C25H27N3O3S. The van der Waals surface area contributed by atoms with E-state index in [-0.39, 0.29) is 34.4 Å². The average molecular weight is 450 g/mol. The van der Waals surface area contributed by atoms with Crippen molar-refractivity contribution in [2.75, 3.05) is 6.54 Å². The zero-order chi connectivity index (χ0) is 22.6. The number of rotatable bonds is 2. The Labute approximate surface area is 191 Å². The molecule has 2 aromatic rings. The van der Waals surface area contributed by atoms with E-state index in [1.165, 1.54) is 22.3 Å². The van der Waals surface area contributed by atoms with Gasteiger partial charge in [-0.15, -0.1) is 0 Å². The van der Waals surface area contributed by atoms with Gasteiger partial charge in [0.05, 0.1) is 6.04 Å². The Kier molecular flexibility index (Phi) is 5.16. The predicted molar refractivity (Wildman–Crippen MR) is 126 cm³/mol. The van der Waals surface area contributed by atoms with Crippen molar-refractivity contribution in [2.45, 2.75) is 57.5 Å². The molecule has 0 bridgehead atoms. The number of nitrogens with zero attached hydrogens (tertiary/aromatic N) is 2. The smallest absolute Gasteiger partial charge is 0.294 e. The third kappa shape index (κ3) is 3.26. The SMILES string of the molecule is CC(C)N1CC(C2CC3=C(CCC=C3)Cc3ccccc32)n2c(c(O)c(=O)[nH]c2=S)C1=O. The van der Waals surface area contributed by atoms with Crippen molar-refractivity contribution >= 4 is 18.1 Å². The lowest BCUT2D eigenvalue weighted by molar-refractivity contribution is 0.0575. The van der Waals surface area contributed by atoms with Gasteiger partial charge in [0.2, 0.25) is 5.75 Å². The molecule has 0 saturated heterocycles. The highest BCUT2D eigenvalue weighted by molar-refractivity contribution is 7.71. The number of carbonyl (C=O) groups is 1. The molecule has 0 spiro atoms. The van der Waals surface area contributed by atoms with Gasteiger partial charge in [-0.05, 0) is 68.4 Å². The second-order valence-corrected chi connectivity index (χ2v) is 9.59. The first-order valence-electron chi connectivity index (χ1n) is 11.2. The highest BCUT2D eigenvalue weighted by Gasteiger charge is 2.41. The minimum atomic E-state index is -0.722. The van der Waals surface area contributed by atoms with E-state index in [1.54, 1.807) is 9.47 Å². The summed E-state index contributed by atoms with van der Waals surface area (Å²) in [6, 6.07) is 8.22. The first kappa shape index (κ1) is 20.9. The van der Waals surface area contributed by atoms with Crippen LogP contribution in [0.3, 0.4) is 0 Å². The molecule has 6 nitrogen and oxygen atoms in total. The topological polar surface area (TPSA) is 78.3 Å². The van der Waals surface area contributed by atoms with Crippen molar-refractivity contribution in [1.29, 1.82) is 0 Å². The number of nitrogens with one attached hydrogen (secondary N) is 1. The van der Waals surface area contributed by atoms with Crippen LogP contribution in [0.4, 0.5) is 0 Å². The Morgan fingerprint density at radius 2 is 2.00 bits per heavy atom. The van der Waals surface area contributed by atoms with Crippen LogP contribution < -0.4 is 5.56 Å². The van der Waals surface area contributed by atoms with Gasteiger partial charge in [0.25, 0.3) is 11.5 Å². The van der Waals surface area contributed by atoms with Gasteiger partial charge in [0.1, 0.15) is 0 Å². The first-order valence-corrected chi connectivity index (χ1v) is 11.6. The second kappa shape index (κ2) is 7.89. The maximum atomic E-state index is 13.3. The van der Waals surface area contributed by atoms with E-state index in [1.807, 2.05) is 13.8 Å². The highest BCUT2D eigenvalue weighted by Crippen LogP contribution is 2.45. The van der Waals surface area contributed by atoms with Crippen LogP contribution in [0.15, 0.2) is 52.4 Å². The highest BCUT2D eigenvalue weighted by atomic mass is 32.1. The van der Waals surface area contributed by atoms with Crippen LogP contribution >= 0.6 is 12.2 Å². The number of amides is 1. The maximum Gasteiger partial charge on any atom is 0.294 e. The number of aromatic nitrogens is 2. The average Bonchev–Trinajstić information content (AvgIpc) is 2.93. The number of benzene rings is 1. The Bertz CT molecular complexity index is 1280. The molecular weight excluding hydrogens is 422 g/mol. The van der Waals surface area contributed by atoms with E-state index >= 15 is 0 Å². The van der Waals surface area contributed by atoms with Crippen LogP contribution in [0, 0.1) is 4.77 Å². The van der Waals surface area contributed by atoms with Gasteiger partial charge in [0.15, 0.2) is 10.5 Å². The normalized spacial score (nSPS) is 22.5. The van der Waals surface area contributed by atoms with Gasteiger partial charge in [0, 0.05) is 18.5 Å². The van der Waals surface area contributed by atoms with E-state index in [2.05, 4.69) is 41.4 Å². The molecule has 0 radical (unpaired) electrons. The lowest BCUT2D eigenvalue weighted by Gasteiger charge is -2.41. The lowest BCUT2D eigenvalue weighted by atomic mass is 9.83. The number of H-pyrrole nitrogens is 1. The number of hydrogen-bond donors (Lipinski definition) is 2. The molecule has 7 heteroatoms. The molecule has 5 rings (SSSR count). The molecule has 3 aliphatic rings. The number of aromatic amines is 1. The van der Waals surface area contributed by atoms with Gasteiger partial charge < -0.3 is 14.6 Å². The van der Waals surface area contributed by atoms with Crippen LogP contribution in [0.2, 0.25) is 0 Å². The van der Waals surface area contributed by atoms with E-state index in [0.717, 1.165) is 25.7 Å². The number of allylic oxidation sites excluding steroid dienone is 4. The van der Waals surface area contributed by atoms with Crippen LogP contribution in [0.1, 0.15) is 66.7 Å². The van der Waals surface area contributed by atoms with Crippen molar-refractivity contribution in [2.24, 2.45) is 0 Å². The van der Waals surface area contributed by atoms with Gasteiger partial charge in [-0.3, -0.25) is 14.6 Å². The zero-order valence-electron chi connectivity index (χ0n) is 18.3. The van der Waals surface area contributed by atoms with E-state index in [9.17, 15) is 14.7 Å². The molecule has 2 atom stereocenters. The third-order valence-electron chi connectivity index (χ3n) is 7.07. The Morgan fingerprint density at radius 3 is 2.78 bits per heavy atom. The Balaban J connectivity index is 1.74. The summed E-state index contributed by atoms with van der Waals surface area (Å²) in [6.07, 6.45) is 8.37. The van der Waals surface area contributed by atoms with Crippen LogP contribution in [-0.2, 0) is 6.42 Å². The number of aromatic hydroxyl groups is 1. The summed E-state index contributed by atoms with van der Waals surface area (Å²) in [5.74, 6) is -0.866. The standard InChI is InChI=1S/C25H27N3O3S/c1-14(2)27-13-20(28-21(24(27)31)22(29)23(30)26-25(28)32)19-12-16-8-4-3-7-15(16)11-17-9-5-6-10-18(17)19/h4-6,8-10,14,19-20,29H,3,7,11-13H2,1-2H3,(H,26,30,32). The molecule has 1 amide bonds. The fourth-order valence-electron chi connectivity index (χ4n) is 5.47. The van der Waals surface area contributed by atoms with Gasteiger partial charge in [-0.2, -0.15) is 0 Å². The summed E-state index contributed by atoms with van der Waals surface area (Å²) in [6.45, 7) is 4.37. The summed E-state index contributed by atoms with van der Waals surface area (Å²) in [5, 5.41) is 10.6. The van der Waals surface area contributed by atoms with E-state index in [0.29, 0.717) is 6.54 Å². The fraction of sp³-hybridized carbons (Fsp3) is 0.400. The molecule has 1 aliphatic heterocycles. The van der Waals surface area contributed by atoms with Gasteiger partial charge in [-0.1, -0.05) is 42.0 Å². The largest absolute Gasteiger partial charge is 0.501 e. The summed E-state index contributed by atoms with van der Waals surface area (Å²) < 4.78 is 1.88. The van der Waals surface area contributed by atoms with Crippen LogP contribution in [0.25, 0.3) is 0 Å². The maximum absolute atomic E-state index is 13.3. The van der Waals surface area contributed by atoms with Crippen molar-refractivity contribution in [1.82, 2.24) is 14.5 Å². The monoisotopic (exact) mass is 449 g/mol. The fourth-order valence-corrected chi connectivity index (χ4v) is 5.79. The lowest BCUT2D eigenvalue weighted by Crippen LogP contribution is -2.49. The molecule has 1 aromatic carbocycles. The summed E-state index contributed by atoms with van der Waals surface area (Å²) >= 11 is 5.54. The molecule has 1 aromatic heterocycles. The Hall–Kier alpha value is -2.93. The quantitative estimate of drug-likeness (QED) is 0.667. The van der Waals surface area contributed by atoms with E-state index in [4.69, 9.17) is 12.2 Å². The molecule has 2 N–H and O–H groups in total. The molecule has 0 fully saturated rings. The molecule has 0 saturated carbocycles. The summed E-state index contributed by atoms with van der Waals surface area (Å²) in [5.41, 5.74) is 4.65. The molecule has 2 unspecified atom stereocenters. The summed E-state index contributed by atoms with van der Waals surface area (Å²) in [4.78, 5) is 29.9.